The molecule has 106 valence electrons. The van der Waals surface area contributed by atoms with Crippen molar-refractivity contribution in [1.82, 2.24) is 0 Å². The van der Waals surface area contributed by atoms with E-state index >= 15 is 0 Å². The van der Waals surface area contributed by atoms with Crippen LogP contribution in [0.5, 0.6) is 0 Å². The van der Waals surface area contributed by atoms with Crippen LogP contribution in [0.4, 0.5) is 4.39 Å². The molecular weight excluding hydrogens is 341 g/mol. The van der Waals surface area contributed by atoms with Crippen molar-refractivity contribution < 1.29 is 4.39 Å². The molecule has 0 fully saturated rings. The van der Waals surface area contributed by atoms with Gasteiger partial charge in [-0.2, -0.15) is 0 Å². The molecule has 1 unspecified atom stereocenters. The van der Waals surface area contributed by atoms with Crippen LogP contribution in [0.3, 0.4) is 0 Å². The summed E-state index contributed by atoms with van der Waals surface area (Å²) in [6.45, 7) is 0.501. The van der Waals surface area contributed by atoms with Gasteiger partial charge in [0.15, 0.2) is 0 Å². The predicted octanol–water partition coefficient (Wildman–Crippen LogP) is 4.60. The lowest BCUT2D eigenvalue weighted by Gasteiger charge is -2.16. The first-order chi connectivity index (χ1) is 9.60. The molecule has 0 heterocycles. The lowest BCUT2D eigenvalue weighted by molar-refractivity contribution is 0.512. The topological polar surface area (TPSA) is 26.0 Å². The maximum atomic E-state index is 13.9. The van der Waals surface area contributed by atoms with Crippen LogP contribution < -0.4 is 5.73 Å². The van der Waals surface area contributed by atoms with Gasteiger partial charge in [-0.15, -0.1) is 0 Å². The van der Waals surface area contributed by atoms with Gasteiger partial charge in [0.25, 0.3) is 0 Å². The number of hydrogen-bond donors (Lipinski definition) is 1. The van der Waals surface area contributed by atoms with Crippen molar-refractivity contribution in [3.05, 3.63) is 68.9 Å². The molecule has 0 saturated carbocycles. The van der Waals surface area contributed by atoms with E-state index in [2.05, 4.69) is 15.9 Å². The standard InChI is InChI=1S/C16H16BrClFN/c17-14-6-5-13(16(19)9-14)8-11(10-20)7-12-3-1-2-4-15(12)18/h1-6,9,11H,7-8,10,20H2. The molecule has 0 aromatic heterocycles. The van der Waals surface area contributed by atoms with Gasteiger partial charge in [0.2, 0.25) is 0 Å². The Morgan fingerprint density at radius 3 is 2.45 bits per heavy atom. The van der Waals surface area contributed by atoms with Gasteiger partial charge >= 0.3 is 0 Å². The van der Waals surface area contributed by atoms with E-state index in [1.807, 2.05) is 30.3 Å². The molecule has 0 aliphatic carbocycles. The molecule has 0 aliphatic heterocycles. The van der Waals surface area contributed by atoms with Crippen LogP contribution in [0.1, 0.15) is 11.1 Å². The van der Waals surface area contributed by atoms with Crippen LogP contribution in [-0.2, 0) is 12.8 Å². The lowest BCUT2D eigenvalue weighted by Crippen LogP contribution is -2.20. The molecule has 0 aliphatic rings. The quantitative estimate of drug-likeness (QED) is 0.832. The number of benzene rings is 2. The van der Waals surface area contributed by atoms with Gasteiger partial charge in [-0.25, -0.2) is 4.39 Å². The first-order valence-corrected chi connectivity index (χ1v) is 7.64. The maximum Gasteiger partial charge on any atom is 0.127 e. The Labute approximate surface area is 132 Å². The van der Waals surface area contributed by atoms with E-state index in [0.717, 1.165) is 21.5 Å². The van der Waals surface area contributed by atoms with E-state index in [4.69, 9.17) is 17.3 Å². The van der Waals surface area contributed by atoms with Crippen LogP contribution in [0, 0.1) is 11.7 Å². The van der Waals surface area contributed by atoms with Gasteiger partial charge in [-0.05, 0) is 54.6 Å². The molecule has 0 saturated heterocycles. The normalized spacial score (nSPS) is 12.4. The fraction of sp³-hybridized carbons (Fsp3) is 0.250. The molecule has 2 rings (SSSR count). The molecule has 2 aromatic carbocycles. The van der Waals surface area contributed by atoms with Crippen LogP contribution in [0.2, 0.25) is 5.02 Å². The highest BCUT2D eigenvalue weighted by molar-refractivity contribution is 9.10. The summed E-state index contributed by atoms with van der Waals surface area (Å²) in [7, 11) is 0. The number of rotatable bonds is 5. The Kier molecular flexibility index (Phi) is 5.58. The van der Waals surface area contributed by atoms with Crippen LogP contribution in [0.15, 0.2) is 46.9 Å². The van der Waals surface area contributed by atoms with Gasteiger partial charge < -0.3 is 5.73 Å². The molecule has 20 heavy (non-hydrogen) atoms. The molecule has 1 nitrogen and oxygen atoms in total. The fourth-order valence-electron chi connectivity index (χ4n) is 2.21. The van der Waals surface area contributed by atoms with E-state index < -0.39 is 0 Å². The Hall–Kier alpha value is -0.900. The lowest BCUT2D eigenvalue weighted by atomic mass is 9.92. The van der Waals surface area contributed by atoms with Crippen molar-refractivity contribution in [2.75, 3.05) is 6.54 Å². The summed E-state index contributed by atoms with van der Waals surface area (Å²) in [5, 5.41) is 0.738. The second-order valence-corrected chi connectivity index (χ2v) is 6.16. The second kappa shape index (κ2) is 7.21. The number of halogens is 3. The fourth-order valence-corrected chi connectivity index (χ4v) is 2.76. The molecule has 2 aromatic rings. The molecule has 0 radical (unpaired) electrons. The molecule has 0 bridgehead atoms. The third-order valence-corrected chi connectivity index (χ3v) is 4.19. The van der Waals surface area contributed by atoms with Gasteiger partial charge in [-0.1, -0.05) is 51.8 Å². The van der Waals surface area contributed by atoms with E-state index in [1.54, 1.807) is 6.07 Å². The number of hydrogen-bond acceptors (Lipinski definition) is 1. The molecule has 1 atom stereocenters. The largest absolute Gasteiger partial charge is 0.330 e. The summed E-state index contributed by atoms with van der Waals surface area (Å²) in [6, 6.07) is 12.8. The minimum Gasteiger partial charge on any atom is -0.330 e. The zero-order valence-electron chi connectivity index (χ0n) is 11.0. The van der Waals surface area contributed by atoms with Crippen molar-refractivity contribution >= 4 is 27.5 Å². The van der Waals surface area contributed by atoms with Crippen molar-refractivity contribution in [3.8, 4) is 0 Å². The summed E-state index contributed by atoms with van der Waals surface area (Å²) >= 11 is 9.42. The summed E-state index contributed by atoms with van der Waals surface area (Å²) in [5.74, 6) is -0.0254. The van der Waals surface area contributed by atoms with Crippen LogP contribution >= 0.6 is 27.5 Å². The Morgan fingerprint density at radius 1 is 1.10 bits per heavy atom. The molecule has 0 spiro atoms. The van der Waals surface area contributed by atoms with E-state index in [0.29, 0.717) is 18.5 Å². The average molecular weight is 357 g/mol. The zero-order valence-corrected chi connectivity index (χ0v) is 13.3. The maximum absolute atomic E-state index is 13.9. The summed E-state index contributed by atoms with van der Waals surface area (Å²) in [4.78, 5) is 0. The Bertz CT molecular complexity index is 588. The monoisotopic (exact) mass is 355 g/mol. The van der Waals surface area contributed by atoms with Crippen molar-refractivity contribution in [1.29, 1.82) is 0 Å². The molecule has 2 N–H and O–H groups in total. The summed E-state index contributed by atoms with van der Waals surface area (Å²) in [6.07, 6.45) is 1.37. The van der Waals surface area contributed by atoms with Crippen LogP contribution in [-0.4, -0.2) is 6.54 Å². The molecule has 4 heteroatoms. The highest BCUT2D eigenvalue weighted by Crippen LogP contribution is 2.23. The third kappa shape index (κ3) is 4.05. The van der Waals surface area contributed by atoms with Crippen molar-refractivity contribution in [2.24, 2.45) is 11.7 Å². The first-order valence-electron chi connectivity index (χ1n) is 6.47. The Balaban J connectivity index is 2.11. The first kappa shape index (κ1) is 15.5. The van der Waals surface area contributed by atoms with Crippen LogP contribution in [0.25, 0.3) is 0 Å². The minimum atomic E-state index is -0.197. The van der Waals surface area contributed by atoms with E-state index in [-0.39, 0.29) is 11.7 Å². The predicted molar refractivity (Wildman–Crippen MR) is 85.5 cm³/mol. The van der Waals surface area contributed by atoms with Gasteiger partial charge in [0, 0.05) is 9.50 Å². The second-order valence-electron chi connectivity index (χ2n) is 4.84. The molecule has 0 amide bonds. The molecular formula is C16H16BrClFN. The Morgan fingerprint density at radius 2 is 1.80 bits per heavy atom. The highest BCUT2D eigenvalue weighted by Gasteiger charge is 2.13. The highest BCUT2D eigenvalue weighted by atomic mass is 79.9. The SMILES string of the molecule is NCC(Cc1ccc(Br)cc1F)Cc1ccccc1Cl. The minimum absolute atomic E-state index is 0.172. The summed E-state index contributed by atoms with van der Waals surface area (Å²) < 4.78 is 14.6. The zero-order chi connectivity index (χ0) is 14.5. The van der Waals surface area contributed by atoms with Gasteiger partial charge in [0.1, 0.15) is 5.82 Å². The van der Waals surface area contributed by atoms with E-state index in [9.17, 15) is 4.39 Å². The van der Waals surface area contributed by atoms with Crippen molar-refractivity contribution in [3.63, 3.8) is 0 Å². The third-order valence-electron chi connectivity index (χ3n) is 3.32. The summed E-state index contributed by atoms with van der Waals surface area (Å²) in [5.41, 5.74) is 7.57. The van der Waals surface area contributed by atoms with Gasteiger partial charge in [-0.3, -0.25) is 0 Å². The number of nitrogens with two attached hydrogens (primary N) is 1. The van der Waals surface area contributed by atoms with Gasteiger partial charge in [0.05, 0.1) is 0 Å². The van der Waals surface area contributed by atoms with Crippen molar-refractivity contribution in [2.45, 2.75) is 12.8 Å². The smallest absolute Gasteiger partial charge is 0.127 e. The average Bonchev–Trinajstić information content (AvgIpc) is 2.43. The van der Waals surface area contributed by atoms with E-state index in [1.165, 1.54) is 6.07 Å².